The molecule has 4 rings (SSSR count). The Morgan fingerprint density at radius 1 is 0.889 bits per heavy atom. The van der Waals surface area contributed by atoms with E-state index in [2.05, 4.69) is 30.9 Å². The summed E-state index contributed by atoms with van der Waals surface area (Å²) in [6.45, 7) is 3.86. The molecule has 8 N–H and O–H groups in total. The number of amides is 1. The van der Waals surface area contributed by atoms with Crippen molar-refractivity contribution in [1.29, 1.82) is 0 Å². The molecule has 1 aromatic heterocycles. The van der Waals surface area contributed by atoms with Gasteiger partial charge in [0.05, 0.1) is 27.6 Å². The zero-order chi connectivity index (χ0) is 32.9. The first-order chi connectivity index (χ1) is 21.1. The Morgan fingerprint density at radius 2 is 1.44 bits per heavy atom. The van der Waals surface area contributed by atoms with E-state index in [4.69, 9.17) is 10.3 Å². The average Bonchev–Trinajstić information content (AvgIpc) is 3.29. The number of rotatable bonds is 12. The fraction of sp³-hybridized carbons (Fsp3) is 0.222. The van der Waals surface area contributed by atoms with Crippen LogP contribution in [-0.2, 0) is 49.1 Å². The van der Waals surface area contributed by atoms with E-state index in [9.17, 15) is 31.5 Å². The summed E-state index contributed by atoms with van der Waals surface area (Å²) in [6, 6.07) is 13.3. The second-order valence-electron chi connectivity index (χ2n) is 9.80. The number of carbonyl (C=O) groups is 2. The number of carboxylic acid groups (broad SMARTS) is 1. The van der Waals surface area contributed by atoms with Gasteiger partial charge in [-0.05, 0) is 48.1 Å². The Labute approximate surface area is 262 Å². The number of anilines is 2. The Bertz CT molecular complexity index is 1900. The molecule has 2 heterocycles. The number of thiol groups is 1. The summed E-state index contributed by atoms with van der Waals surface area (Å²) >= 11 is 0. The minimum Gasteiger partial charge on any atom is -0.477 e. The second-order valence-corrected chi connectivity index (χ2v) is 15.3. The van der Waals surface area contributed by atoms with Crippen molar-refractivity contribution in [3.8, 4) is 0 Å². The highest BCUT2D eigenvalue weighted by Gasteiger charge is 2.29. The summed E-state index contributed by atoms with van der Waals surface area (Å²) in [5, 5.41) is 29.3. The number of allylic oxidation sites excluding steroid dienone is 1. The molecule has 15 nitrogen and oxygen atoms in total. The molecule has 0 saturated heterocycles. The first-order valence-corrected chi connectivity index (χ1v) is 18.0. The van der Waals surface area contributed by atoms with Crippen molar-refractivity contribution in [3.05, 3.63) is 82.0 Å². The number of nitrogens with two attached hydrogens (primary N) is 2. The van der Waals surface area contributed by atoms with Crippen LogP contribution in [0.5, 0.6) is 0 Å². The summed E-state index contributed by atoms with van der Waals surface area (Å²) in [6.07, 6.45) is -0.142. The van der Waals surface area contributed by atoms with Crippen LogP contribution in [0, 0.1) is 0 Å². The van der Waals surface area contributed by atoms with Gasteiger partial charge in [-0.25, -0.2) is 41.9 Å². The lowest BCUT2D eigenvalue weighted by Gasteiger charge is -2.19. The number of benzene rings is 2. The van der Waals surface area contributed by atoms with Gasteiger partial charge >= 0.3 is 5.97 Å². The molecule has 1 aliphatic rings. The maximum atomic E-state index is 12.9. The molecule has 0 saturated carbocycles. The summed E-state index contributed by atoms with van der Waals surface area (Å²) in [7, 11) is -8.95. The van der Waals surface area contributed by atoms with Crippen molar-refractivity contribution in [2.75, 3.05) is 16.4 Å². The van der Waals surface area contributed by atoms with Crippen LogP contribution in [0.15, 0.2) is 80.0 Å². The standard InChI is InChI=1S/C27H32N8O7S3/c1-3-43-24(25(37)38)16(2)32-27(43)35-26-33-19(13-23(36)31-15-18-6-10-21(11-7-18)45(29,41)42)12-22(34-26)30-14-17-4-8-20(9-5-17)44(28,39)40/h4-12,43H,3,13-15H2,1-2H3,(H,31,36)(H,37,38)(H2,28,39,40)(H2,29,41,42)(H2,30,32,33,34,35). The zero-order valence-corrected chi connectivity index (χ0v) is 26.7. The number of carbonyl (C=O) groups excluding carboxylic acids is 1. The maximum Gasteiger partial charge on any atom is 0.342 e. The van der Waals surface area contributed by atoms with Gasteiger partial charge in [0.2, 0.25) is 31.9 Å². The number of hydrogen-bond donors (Lipinski definition) is 7. The zero-order valence-electron chi connectivity index (χ0n) is 24.2. The van der Waals surface area contributed by atoms with E-state index in [-0.39, 0.29) is 46.1 Å². The topological polar surface area (TPSA) is 249 Å². The molecular formula is C27H32N8O7S3. The Morgan fingerprint density at radius 3 is 1.96 bits per heavy atom. The number of primary sulfonamides is 2. The lowest BCUT2D eigenvalue weighted by molar-refractivity contribution is -0.131. The van der Waals surface area contributed by atoms with Crippen molar-refractivity contribution in [1.82, 2.24) is 15.3 Å². The largest absolute Gasteiger partial charge is 0.477 e. The van der Waals surface area contributed by atoms with Crippen LogP contribution in [0.1, 0.15) is 30.7 Å². The highest BCUT2D eigenvalue weighted by atomic mass is 32.2. The van der Waals surface area contributed by atoms with E-state index in [0.29, 0.717) is 33.7 Å². The number of nitrogens with zero attached hydrogens (tertiary/aromatic N) is 3. The van der Waals surface area contributed by atoms with Crippen LogP contribution < -0.4 is 26.2 Å². The van der Waals surface area contributed by atoms with Crippen LogP contribution in [0.4, 0.5) is 11.8 Å². The molecule has 45 heavy (non-hydrogen) atoms. The molecule has 1 aliphatic heterocycles. The molecule has 0 bridgehead atoms. The SMILES string of the molecule is CC[SH]1C(Nc2nc(CC(=O)NCc3ccc(S(N)(=O)=O)cc3)cc(NCc3ccc(S(N)(=O)=O)cc3)n2)=NC(C)=C1C(=O)O. The van der Waals surface area contributed by atoms with Gasteiger partial charge in [-0.1, -0.05) is 31.2 Å². The van der Waals surface area contributed by atoms with Gasteiger partial charge in [0.25, 0.3) is 0 Å². The highest BCUT2D eigenvalue weighted by Crippen LogP contribution is 2.44. The van der Waals surface area contributed by atoms with E-state index in [1.807, 2.05) is 6.92 Å². The molecule has 3 aromatic rings. The van der Waals surface area contributed by atoms with Gasteiger partial charge in [0.15, 0.2) is 5.17 Å². The molecule has 1 atom stereocenters. The van der Waals surface area contributed by atoms with Gasteiger partial charge in [-0.15, -0.1) is 0 Å². The normalized spacial score (nSPS) is 15.8. The Hall–Kier alpha value is -4.36. The number of hydrogen-bond acceptors (Lipinski definition) is 11. The number of carboxylic acids is 1. The smallest absolute Gasteiger partial charge is 0.342 e. The highest BCUT2D eigenvalue weighted by molar-refractivity contribution is 8.34. The van der Waals surface area contributed by atoms with Gasteiger partial charge in [-0.3, -0.25) is 4.79 Å². The summed E-state index contributed by atoms with van der Waals surface area (Å²) in [4.78, 5) is 38.2. The average molecular weight is 677 g/mol. The monoisotopic (exact) mass is 676 g/mol. The molecule has 240 valence electrons. The molecule has 1 amide bonds. The van der Waals surface area contributed by atoms with Gasteiger partial charge in [0.1, 0.15) is 10.7 Å². The number of aliphatic imine (C=N–C) groups is 1. The molecule has 1 unspecified atom stereocenters. The van der Waals surface area contributed by atoms with Gasteiger partial charge < -0.3 is 21.1 Å². The van der Waals surface area contributed by atoms with Crippen LogP contribution in [-0.4, -0.2) is 54.7 Å². The van der Waals surface area contributed by atoms with Gasteiger partial charge in [0, 0.05) is 19.2 Å². The summed E-state index contributed by atoms with van der Waals surface area (Å²) in [5.74, 6) is -0.445. The predicted octanol–water partition coefficient (Wildman–Crippen LogP) is 1.36. The Balaban J connectivity index is 1.52. The molecule has 0 spiro atoms. The molecule has 18 heteroatoms. The van der Waals surface area contributed by atoms with E-state index < -0.39 is 36.9 Å². The fourth-order valence-electron chi connectivity index (χ4n) is 4.30. The first-order valence-electron chi connectivity index (χ1n) is 13.3. The minimum atomic E-state index is -3.84. The fourth-order valence-corrected chi connectivity index (χ4v) is 7.33. The number of aliphatic carboxylic acids is 1. The molecular weight excluding hydrogens is 645 g/mol. The van der Waals surface area contributed by atoms with Crippen LogP contribution >= 0.6 is 10.9 Å². The summed E-state index contributed by atoms with van der Waals surface area (Å²) in [5.41, 5.74) is 2.11. The second kappa shape index (κ2) is 13.7. The number of aromatic nitrogens is 2. The van der Waals surface area contributed by atoms with Crippen molar-refractivity contribution in [2.45, 2.75) is 43.1 Å². The lowest BCUT2D eigenvalue weighted by Crippen LogP contribution is -2.25. The quantitative estimate of drug-likeness (QED) is 0.135. The van der Waals surface area contributed by atoms with Gasteiger partial charge in [-0.2, -0.15) is 15.9 Å². The maximum absolute atomic E-state index is 12.9. The van der Waals surface area contributed by atoms with E-state index in [1.54, 1.807) is 37.3 Å². The predicted molar refractivity (Wildman–Crippen MR) is 171 cm³/mol. The van der Waals surface area contributed by atoms with Crippen molar-refractivity contribution < 1.29 is 31.5 Å². The molecule has 2 aromatic carbocycles. The van der Waals surface area contributed by atoms with Crippen LogP contribution in [0.2, 0.25) is 0 Å². The van der Waals surface area contributed by atoms with Crippen molar-refractivity contribution >= 4 is 59.8 Å². The van der Waals surface area contributed by atoms with Crippen LogP contribution in [0.25, 0.3) is 0 Å². The number of amidine groups is 1. The molecule has 0 aliphatic carbocycles. The first kappa shape index (κ1) is 33.5. The lowest BCUT2D eigenvalue weighted by atomic mass is 10.2. The number of sulfonamides is 2. The third-order valence-corrected chi connectivity index (χ3v) is 10.7. The Kier molecular flexibility index (Phi) is 10.2. The third kappa shape index (κ3) is 8.85. The van der Waals surface area contributed by atoms with E-state index in [1.165, 1.54) is 24.3 Å². The third-order valence-electron chi connectivity index (χ3n) is 6.47. The van der Waals surface area contributed by atoms with Crippen molar-refractivity contribution in [3.63, 3.8) is 0 Å². The van der Waals surface area contributed by atoms with E-state index in [0.717, 1.165) is 5.56 Å². The molecule has 0 fully saturated rings. The summed E-state index contributed by atoms with van der Waals surface area (Å²) < 4.78 is 46.1. The molecule has 0 radical (unpaired) electrons. The van der Waals surface area contributed by atoms with E-state index >= 15 is 0 Å². The van der Waals surface area contributed by atoms with Crippen molar-refractivity contribution in [2.24, 2.45) is 15.3 Å². The van der Waals surface area contributed by atoms with Crippen LogP contribution in [0.3, 0.4) is 0 Å². The minimum absolute atomic E-state index is 0.0252. The number of nitrogens with one attached hydrogen (secondary N) is 3.